The molecule has 0 aliphatic heterocycles. The van der Waals surface area contributed by atoms with Crippen LogP contribution >= 0.6 is 0 Å². The third-order valence-corrected chi connectivity index (χ3v) is 3.21. The lowest BCUT2D eigenvalue weighted by Gasteiger charge is -2.15. The van der Waals surface area contributed by atoms with Crippen LogP contribution in [-0.2, 0) is 7.05 Å². The van der Waals surface area contributed by atoms with E-state index in [1.807, 2.05) is 42.1 Å². The van der Waals surface area contributed by atoms with E-state index in [9.17, 15) is 0 Å². The van der Waals surface area contributed by atoms with Crippen LogP contribution in [0.1, 0.15) is 18.8 Å². The standard InChI is InChI=1S/C15H16N4O/c1-11(15-17-6-7-19(15)2)18-13-5-3-4-12(8-13)14-9-16-10-20-14/h3-11,18H,1-2H3. The third kappa shape index (κ3) is 2.42. The number of imidazole rings is 1. The quantitative estimate of drug-likeness (QED) is 0.789. The highest BCUT2D eigenvalue weighted by molar-refractivity contribution is 5.63. The summed E-state index contributed by atoms with van der Waals surface area (Å²) in [5, 5.41) is 3.44. The molecular formula is C15H16N4O. The van der Waals surface area contributed by atoms with Crippen LogP contribution in [0.5, 0.6) is 0 Å². The first-order valence-electron chi connectivity index (χ1n) is 6.47. The molecule has 2 heterocycles. The van der Waals surface area contributed by atoms with Crippen LogP contribution in [0.3, 0.4) is 0 Å². The Morgan fingerprint density at radius 1 is 1.35 bits per heavy atom. The zero-order chi connectivity index (χ0) is 13.9. The molecule has 0 saturated heterocycles. The summed E-state index contributed by atoms with van der Waals surface area (Å²) >= 11 is 0. The molecule has 1 atom stereocenters. The van der Waals surface area contributed by atoms with Gasteiger partial charge >= 0.3 is 0 Å². The van der Waals surface area contributed by atoms with E-state index in [0.717, 1.165) is 22.8 Å². The van der Waals surface area contributed by atoms with Gasteiger partial charge in [0.1, 0.15) is 5.82 Å². The smallest absolute Gasteiger partial charge is 0.181 e. The largest absolute Gasteiger partial charge is 0.444 e. The molecule has 0 fully saturated rings. The summed E-state index contributed by atoms with van der Waals surface area (Å²) in [7, 11) is 1.99. The molecule has 0 spiro atoms. The maximum Gasteiger partial charge on any atom is 0.181 e. The van der Waals surface area contributed by atoms with Gasteiger partial charge in [0.2, 0.25) is 0 Å². The van der Waals surface area contributed by atoms with E-state index in [-0.39, 0.29) is 6.04 Å². The van der Waals surface area contributed by atoms with Crippen LogP contribution in [0.2, 0.25) is 0 Å². The van der Waals surface area contributed by atoms with Crippen molar-refractivity contribution in [2.24, 2.45) is 7.05 Å². The molecule has 1 aromatic carbocycles. The zero-order valence-electron chi connectivity index (χ0n) is 11.4. The average molecular weight is 268 g/mol. The highest BCUT2D eigenvalue weighted by Gasteiger charge is 2.10. The van der Waals surface area contributed by atoms with Crippen molar-refractivity contribution in [3.8, 4) is 11.3 Å². The molecule has 3 rings (SSSR count). The Morgan fingerprint density at radius 2 is 2.25 bits per heavy atom. The van der Waals surface area contributed by atoms with Gasteiger partial charge in [0, 0.05) is 30.7 Å². The lowest BCUT2D eigenvalue weighted by atomic mass is 10.1. The summed E-state index contributed by atoms with van der Waals surface area (Å²) in [5.41, 5.74) is 2.02. The van der Waals surface area contributed by atoms with E-state index in [0.29, 0.717) is 0 Å². The molecule has 0 aliphatic rings. The minimum absolute atomic E-state index is 0.125. The first-order valence-corrected chi connectivity index (χ1v) is 6.47. The van der Waals surface area contributed by atoms with Gasteiger partial charge in [-0.15, -0.1) is 0 Å². The zero-order valence-corrected chi connectivity index (χ0v) is 11.4. The van der Waals surface area contributed by atoms with Crippen molar-refractivity contribution in [3.05, 3.63) is 55.1 Å². The Bertz CT molecular complexity index is 687. The van der Waals surface area contributed by atoms with Crippen LogP contribution in [0, 0.1) is 0 Å². The number of aryl methyl sites for hydroxylation is 1. The Labute approximate surface area is 117 Å². The minimum Gasteiger partial charge on any atom is -0.444 e. The van der Waals surface area contributed by atoms with Crippen molar-refractivity contribution in [1.29, 1.82) is 0 Å². The molecule has 0 aliphatic carbocycles. The Morgan fingerprint density at radius 3 is 2.95 bits per heavy atom. The lowest BCUT2D eigenvalue weighted by molar-refractivity contribution is 0.572. The molecule has 5 nitrogen and oxygen atoms in total. The number of anilines is 1. The van der Waals surface area contributed by atoms with Gasteiger partial charge in [0.05, 0.1) is 12.2 Å². The monoisotopic (exact) mass is 268 g/mol. The molecule has 3 aromatic rings. The number of benzene rings is 1. The Kier molecular flexibility index (Phi) is 3.25. The number of nitrogens with zero attached hydrogens (tertiary/aromatic N) is 3. The fourth-order valence-electron chi connectivity index (χ4n) is 2.23. The average Bonchev–Trinajstić information content (AvgIpc) is 3.09. The van der Waals surface area contributed by atoms with E-state index >= 15 is 0 Å². The molecule has 102 valence electrons. The number of hydrogen-bond donors (Lipinski definition) is 1. The van der Waals surface area contributed by atoms with Crippen molar-refractivity contribution in [3.63, 3.8) is 0 Å². The predicted octanol–water partition coefficient (Wildman–Crippen LogP) is 3.25. The summed E-state index contributed by atoms with van der Waals surface area (Å²) in [6.07, 6.45) is 6.89. The summed E-state index contributed by atoms with van der Waals surface area (Å²) in [6.45, 7) is 2.09. The van der Waals surface area contributed by atoms with Crippen LogP contribution in [0.25, 0.3) is 11.3 Å². The molecular weight excluding hydrogens is 252 g/mol. The van der Waals surface area contributed by atoms with E-state index in [2.05, 4.69) is 22.2 Å². The van der Waals surface area contributed by atoms with Crippen LogP contribution < -0.4 is 5.32 Å². The van der Waals surface area contributed by atoms with E-state index in [1.54, 1.807) is 12.4 Å². The molecule has 1 N–H and O–H groups in total. The van der Waals surface area contributed by atoms with Crippen LogP contribution in [0.4, 0.5) is 5.69 Å². The third-order valence-electron chi connectivity index (χ3n) is 3.21. The molecule has 0 bridgehead atoms. The molecule has 0 radical (unpaired) electrons. The van der Waals surface area contributed by atoms with E-state index < -0.39 is 0 Å². The first-order chi connectivity index (χ1) is 9.74. The maximum atomic E-state index is 5.32. The fourth-order valence-corrected chi connectivity index (χ4v) is 2.23. The SMILES string of the molecule is CC(Nc1cccc(-c2cnco2)c1)c1nccn1C. The maximum absolute atomic E-state index is 5.32. The Balaban J connectivity index is 1.81. The topological polar surface area (TPSA) is 55.9 Å². The second-order valence-corrected chi connectivity index (χ2v) is 4.71. The highest BCUT2D eigenvalue weighted by Crippen LogP contribution is 2.24. The minimum atomic E-state index is 0.125. The van der Waals surface area contributed by atoms with Crippen LogP contribution in [0.15, 0.2) is 53.7 Å². The number of oxazole rings is 1. The van der Waals surface area contributed by atoms with Gasteiger partial charge in [0.15, 0.2) is 12.2 Å². The number of rotatable bonds is 4. The van der Waals surface area contributed by atoms with Gasteiger partial charge in [-0.1, -0.05) is 12.1 Å². The number of hydrogen-bond acceptors (Lipinski definition) is 4. The van der Waals surface area contributed by atoms with Gasteiger partial charge in [0.25, 0.3) is 0 Å². The van der Waals surface area contributed by atoms with Gasteiger partial charge in [-0.3, -0.25) is 0 Å². The molecule has 2 aromatic heterocycles. The second-order valence-electron chi connectivity index (χ2n) is 4.71. The Hall–Kier alpha value is -2.56. The number of nitrogens with one attached hydrogen (secondary N) is 1. The molecule has 0 saturated carbocycles. The van der Waals surface area contributed by atoms with Crippen molar-refractivity contribution in [2.75, 3.05) is 5.32 Å². The highest BCUT2D eigenvalue weighted by atomic mass is 16.3. The lowest BCUT2D eigenvalue weighted by Crippen LogP contribution is -2.11. The van der Waals surface area contributed by atoms with Crippen LogP contribution in [-0.4, -0.2) is 14.5 Å². The number of aromatic nitrogens is 3. The van der Waals surface area contributed by atoms with E-state index in [4.69, 9.17) is 4.42 Å². The first kappa shape index (κ1) is 12.5. The molecule has 5 heteroatoms. The molecule has 20 heavy (non-hydrogen) atoms. The van der Waals surface area contributed by atoms with Crippen molar-refractivity contribution >= 4 is 5.69 Å². The predicted molar refractivity (Wildman–Crippen MR) is 77.2 cm³/mol. The summed E-state index contributed by atoms with van der Waals surface area (Å²) in [5.74, 6) is 1.76. The second kappa shape index (κ2) is 5.21. The van der Waals surface area contributed by atoms with E-state index in [1.165, 1.54) is 6.39 Å². The van der Waals surface area contributed by atoms with Gasteiger partial charge in [-0.05, 0) is 19.1 Å². The molecule has 0 amide bonds. The summed E-state index contributed by atoms with van der Waals surface area (Å²) < 4.78 is 7.33. The van der Waals surface area contributed by atoms with Gasteiger partial charge in [-0.2, -0.15) is 0 Å². The molecule has 1 unspecified atom stereocenters. The fraction of sp³-hybridized carbons (Fsp3) is 0.200. The summed E-state index contributed by atoms with van der Waals surface area (Å²) in [6, 6.07) is 8.18. The van der Waals surface area contributed by atoms with Crippen molar-refractivity contribution in [2.45, 2.75) is 13.0 Å². The summed E-state index contributed by atoms with van der Waals surface area (Å²) in [4.78, 5) is 8.30. The van der Waals surface area contributed by atoms with Crippen molar-refractivity contribution in [1.82, 2.24) is 14.5 Å². The van der Waals surface area contributed by atoms with Gasteiger partial charge < -0.3 is 14.3 Å². The van der Waals surface area contributed by atoms with Crippen molar-refractivity contribution < 1.29 is 4.42 Å². The van der Waals surface area contributed by atoms with Gasteiger partial charge in [-0.25, -0.2) is 9.97 Å². The normalized spacial score (nSPS) is 12.3.